The lowest BCUT2D eigenvalue weighted by molar-refractivity contribution is 0.119. The van der Waals surface area contributed by atoms with Gasteiger partial charge in [-0.1, -0.05) is 24.3 Å². The van der Waals surface area contributed by atoms with E-state index in [0.717, 1.165) is 12.0 Å². The van der Waals surface area contributed by atoms with E-state index in [1.54, 1.807) is 13.2 Å². The molecule has 1 atom stereocenters. The van der Waals surface area contributed by atoms with Crippen molar-refractivity contribution in [2.75, 3.05) is 7.11 Å². The summed E-state index contributed by atoms with van der Waals surface area (Å²) in [7, 11) is 3.36. The zero-order valence-corrected chi connectivity index (χ0v) is 10.9. The number of rotatable bonds is 5. The summed E-state index contributed by atoms with van der Waals surface area (Å²) in [6.45, 7) is 1.96. The molecule has 5 heteroatoms. The molecule has 0 heterocycles. The first-order valence-corrected chi connectivity index (χ1v) is 7.41. The lowest BCUT2D eigenvalue weighted by Gasteiger charge is -2.10. The van der Waals surface area contributed by atoms with Crippen LogP contribution in [0.4, 0.5) is 0 Å². The van der Waals surface area contributed by atoms with E-state index in [0.29, 0.717) is 5.56 Å². The number of hydrogen-bond acceptors (Lipinski definition) is 3. The van der Waals surface area contributed by atoms with E-state index in [4.69, 9.17) is 15.4 Å². The van der Waals surface area contributed by atoms with Gasteiger partial charge < -0.3 is 4.74 Å². The molecular weight excluding hydrogens is 248 g/mol. The third-order valence-corrected chi connectivity index (χ3v) is 3.26. The van der Waals surface area contributed by atoms with Crippen LogP contribution in [0.3, 0.4) is 0 Å². The van der Waals surface area contributed by atoms with Gasteiger partial charge in [-0.3, -0.25) is 0 Å². The topological polar surface area (TPSA) is 43.4 Å². The van der Waals surface area contributed by atoms with Crippen molar-refractivity contribution in [3.63, 3.8) is 0 Å². The van der Waals surface area contributed by atoms with Gasteiger partial charge in [0.2, 0.25) is 9.05 Å². The lowest BCUT2D eigenvalue weighted by Crippen LogP contribution is -2.08. The Hall–Kier alpha value is -0.580. The van der Waals surface area contributed by atoms with Gasteiger partial charge in [0.1, 0.15) is 0 Å². The molecule has 90 valence electrons. The summed E-state index contributed by atoms with van der Waals surface area (Å²) in [6, 6.07) is 7.37. The second kappa shape index (κ2) is 5.66. The van der Waals surface area contributed by atoms with Crippen LogP contribution in [0.15, 0.2) is 24.3 Å². The Bertz CT molecular complexity index is 442. The Morgan fingerprint density at radius 1 is 1.38 bits per heavy atom. The molecule has 0 aromatic heterocycles. The molecule has 0 radical (unpaired) electrons. The van der Waals surface area contributed by atoms with Crippen LogP contribution >= 0.6 is 10.7 Å². The maximum absolute atomic E-state index is 10.9. The fourth-order valence-corrected chi connectivity index (χ4v) is 2.42. The highest BCUT2D eigenvalue weighted by molar-refractivity contribution is 8.13. The van der Waals surface area contributed by atoms with Crippen LogP contribution in [0.2, 0.25) is 0 Å². The predicted molar refractivity (Wildman–Crippen MR) is 65.1 cm³/mol. The van der Waals surface area contributed by atoms with Crippen LogP contribution in [0.5, 0.6) is 0 Å². The van der Waals surface area contributed by atoms with Crippen LogP contribution in [0.25, 0.3) is 0 Å². The third kappa shape index (κ3) is 4.96. The van der Waals surface area contributed by atoms with E-state index >= 15 is 0 Å². The first kappa shape index (κ1) is 13.5. The quantitative estimate of drug-likeness (QED) is 0.765. The van der Waals surface area contributed by atoms with Crippen LogP contribution in [0.1, 0.15) is 18.1 Å². The summed E-state index contributed by atoms with van der Waals surface area (Å²) < 4.78 is 27.0. The van der Waals surface area contributed by atoms with Crippen LogP contribution in [0, 0.1) is 0 Å². The van der Waals surface area contributed by atoms with Crippen molar-refractivity contribution in [1.82, 2.24) is 0 Å². The SMILES string of the molecule is COC(C)Cc1cccc(CS(=O)(=O)Cl)c1. The van der Waals surface area contributed by atoms with Gasteiger partial charge in [-0.25, -0.2) is 8.42 Å². The molecule has 0 spiro atoms. The van der Waals surface area contributed by atoms with Crippen molar-refractivity contribution in [3.05, 3.63) is 35.4 Å². The van der Waals surface area contributed by atoms with Gasteiger partial charge in [0.05, 0.1) is 11.9 Å². The normalized spacial score (nSPS) is 13.7. The molecule has 0 bridgehead atoms. The summed E-state index contributed by atoms with van der Waals surface area (Å²) in [5.74, 6) is -0.135. The van der Waals surface area contributed by atoms with Gasteiger partial charge in [0, 0.05) is 17.8 Å². The van der Waals surface area contributed by atoms with Crippen molar-refractivity contribution >= 4 is 19.7 Å². The Morgan fingerprint density at radius 2 is 2.00 bits per heavy atom. The van der Waals surface area contributed by atoms with Gasteiger partial charge in [0.15, 0.2) is 0 Å². The average Bonchev–Trinajstić information content (AvgIpc) is 2.15. The fourth-order valence-electron chi connectivity index (χ4n) is 1.46. The van der Waals surface area contributed by atoms with E-state index in [9.17, 15) is 8.42 Å². The predicted octanol–water partition coefficient (Wildman–Crippen LogP) is 2.33. The van der Waals surface area contributed by atoms with Crippen molar-refractivity contribution in [1.29, 1.82) is 0 Å². The molecule has 1 unspecified atom stereocenters. The van der Waals surface area contributed by atoms with Gasteiger partial charge in [0.25, 0.3) is 0 Å². The van der Waals surface area contributed by atoms with E-state index < -0.39 is 9.05 Å². The van der Waals surface area contributed by atoms with E-state index in [-0.39, 0.29) is 11.9 Å². The standard InChI is InChI=1S/C11H15ClO3S/c1-9(15-2)6-10-4-3-5-11(7-10)8-16(12,13)14/h3-5,7,9H,6,8H2,1-2H3. The second-order valence-electron chi connectivity index (χ2n) is 3.75. The van der Waals surface area contributed by atoms with Crippen LogP contribution in [-0.4, -0.2) is 21.6 Å². The van der Waals surface area contributed by atoms with Gasteiger partial charge in [-0.2, -0.15) is 0 Å². The monoisotopic (exact) mass is 262 g/mol. The summed E-state index contributed by atoms with van der Waals surface area (Å²) in [4.78, 5) is 0. The Labute approximate surface area is 101 Å². The number of halogens is 1. The lowest BCUT2D eigenvalue weighted by atomic mass is 10.1. The zero-order valence-electron chi connectivity index (χ0n) is 9.31. The first-order chi connectivity index (χ1) is 7.40. The van der Waals surface area contributed by atoms with Gasteiger partial charge >= 0.3 is 0 Å². The molecule has 0 saturated heterocycles. The fraction of sp³-hybridized carbons (Fsp3) is 0.455. The third-order valence-electron chi connectivity index (χ3n) is 2.26. The molecule has 0 amide bonds. The Morgan fingerprint density at radius 3 is 2.56 bits per heavy atom. The Kier molecular flexibility index (Phi) is 4.77. The molecular formula is C11H15ClO3S. The van der Waals surface area contributed by atoms with Crippen molar-refractivity contribution in [2.24, 2.45) is 0 Å². The van der Waals surface area contributed by atoms with Crippen molar-refractivity contribution in [2.45, 2.75) is 25.2 Å². The number of benzene rings is 1. The molecule has 0 fully saturated rings. The molecule has 1 aromatic carbocycles. The number of methoxy groups -OCH3 is 1. The highest BCUT2D eigenvalue weighted by atomic mass is 35.7. The summed E-state index contributed by atoms with van der Waals surface area (Å²) in [6.07, 6.45) is 0.870. The smallest absolute Gasteiger partial charge is 0.236 e. The molecule has 16 heavy (non-hydrogen) atoms. The van der Waals surface area contributed by atoms with Crippen molar-refractivity contribution in [3.8, 4) is 0 Å². The highest BCUT2D eigenvalue weighted by Gasteiger charge is 2.08. The second-order valence-corrected chi connectivity index (χ2v) is 6.53. The van der Waals surface area contributed by atoms with Gasteiger partial charge in [-0.05, 0) is 24.5 Å². The highest BCUT2D eigenvalue weighted by Crippen LogP contribution is 2.13. The molecule has 0 aliphatic rings. The Balaban J connectivity index is 2.79. The molecule has 0 saturated carbocycles. The van der Waals surface area contributed by atoms with E-state index in [1.165, 1.54) is 0 Å². The average molecular weight is 263 g/mol. The largest absolute Gasteiger partial charge is 0.381 e. The summed E-state index contributed by atoms with van der Waals surface area (Å²) in [5.41, 5.74) is 1.75. The summed E-state index contributed by atoms with van der Waals surface area (Å²) in [5, 5.41) is 0. The minimum absolute atomic E-state index is 0.114. The van der Waals surface area contributed by atoms with E-state index in [2.05, 4.69) is 0 Å². The molecule has 0 aliphatic heterocycles. The minimum atomic E-state index is -3.49. The first-order valence-electron chi connectivity index (χ1n) is 4.93. The molecule has 1 rings (SSSR count). The molecule has 3 nitrogen and oxygen atoms in total. The van der Waals surface area contributed by atoms with Crippen LogP contribution < -0.4 is 0 Å². The van der Waals surface area contributed by atoms with Crippen LogP contribution in [-0.2, 0) is 26.0 Å². The zero-order chi connectivity index (χ0) is 12.2. The number of hydrogen-bond donors (Lipinski definition) is 0. The summed E-state index contributed by atoms with van der Waals surface area (Å²) >= 11 is 0. The minimum Gasteiger partial charge on any atom is -0.381 e. The molecule has 0 aliphatic carbocycles. The molecule has 1 aromatic rings. The maximum atomic E-state index is 10.9. The molecule has 0 N–H and O–H groups in total. The van der Waals surface area contributed by atoms with E-state index in [1.807, 2.05) is 25.1 Å². The van der Waals surface area contributed by atoms with Crippen molar-refractivity contribution < 1.29 is 13.2 Å². The maximum Gasteiger partial charge on any atom is 0.236 e. The van der Waals surface area contributed by atoms with Gasteiger partial charge in [-0.15, -0.1) is 0 Å². The number of ether oxygens (including phenoxy) is 1.